The van der Waals surface area contributed by atoms with E-state index in [1.54, 1.807) is 6.92 Å². The summed E-state index contributed by atoms with van der Waals surface area (Å²) in [7, 11) is 0. The largest absolute Gasteiger partial charge is 0.481 e. The molecule has 0 rings (SSSR count). The molecule has 38 heavy (non-hydrogen) atoms. The van der Waals surface area contributed by atoms with Crippen LogP contribution in [0.25, 0.3) is 0 Å². The molecule has 5 N–H and O–H groups in total. The molecule has 1 amide bonds. The van der Waals surface area contributed by atoms with Crippen LogP contribution in [0, 0.1) is 0 Å². The number of unbranched alkanes of at least 4 members (excludes halogenated alkanes) is 15. The molecule has 3 atom stereocenters. The highest BCUT2D eigenvalue weighted by atomic mass is 32.1. The Labute approximate surface area is 234 Å². The number of aliphatic carboxylic acids is 2. The zero-order chi connectivity index (χ0) is 28.6. The zero-order valence-corrected chi connectivity index (χ0v) is 24.2. The fraction of sp³-hybridized carbons (Fsp3) is 0.857. The van der Waals surface area contributed by atoms with Gasteiger partial charge < -0.3 is 20.6 Å². The van der Waals surface area contributed by atoms with Crippen molar-refractivity contribution in [2.75, 3.05) is 0 Å². The molecule has 0 fully saturated rings. The maximum Gasteiger partial charge on any atom is 0.326 e. The van der Waals surface area contributed by atoms with E-state index in [2.05, 4.69) is 23.3 Å². The van der Waals surface area contributed by atoms with E-state index in [-0.39, 0.29) is 25.2 Å². The molecule has 0 aliphatic carbocycles. The summed E-state index contributed by atoms with van der Waals surface area (Å²) < 4.78 is 0. The standard InChI is InChI=1S/C28H52N2O7S/c1-22(28(37)38)29-25(32)21-20-23(27(35)36)30-24(31)18-16-14-12-10-8-6-4-2-3-5-7-9-11-13-15-17-19-26(33)34/h22-23,25,29,32H,2-21H2,1H3,(H,30,31)(H,33,34)(H,35,36)(H,37,38)/t22-,23-,25-/m0/s1. The molecule has 0 aliphatic rings. The smallest absolute Gasteiger partial charge is 0.326 e. The summed E-state index contributed by atoms with van der Waals surface area (Å²) >= 11 is 3.68. The van der Waals surface area contributed by atoms with Gasteiger partial charge in [0, 0.05) is 12.8 Å². The summed E-state index contributed by atoms with van der Waals surface area (Å²) in [6.45, 7) is 1.55. The van der Waals surface area contributed by atoms with Crippen LogP contribution in [0.2, 0.25) is 0 Å². The lowest BCUT2D eigenvalue weighted by Gasteiger charge is -2.19. The van der Waals surface area contributed by atoms with Gasteiger partial charge in [-0.2, -0.15) is 0 Å². The van der Waals surface area contributed by atoms with Gasteiger partial charge >= 0.3 is 11.9 Å². The number of hydrogen-bond donors (Lipinski definition) is 6. The molecule has 0 bridgehead atoms. The number of carboxylic acid groups (broad SMARTS) is 2. The average molecular weight is 561 g/mol. The average Bonchev–Trinajstić information content (AvgIpc) is 2.85. The van der Waals surface area contributed by atoms with Gasteiger partial charge in [0.15, 0.2) is 0 Å². The van der Waals surface area contributed by atoms with Gasteiger partial charge in [0.25, 0.3) is 0 Å². The molecule has 0 aromatic heterocycles. The fourth-order valence-corrected chi connectivity index (χ4v) is 4.40. The molecule has 0 unspecified atom stereocenters. The normalized spacial score (nSPS) is 13.6. The van der Waals surface area contributed by atoms with Crippen molar-refractivity contribution in [3.63, 3.8) is 0 Å². The van der Waals surface area contributed by atoms with Crippen molar-refractivity contribution in [2.24, 2.45) is 0 Å². The number of carbonyl (C=O) groups excluding carboxylic acids is 2. The van der Waals surface area contributed by atoms with E-state index in [0.717, 1.165) is 44.9 Å². The van der Waals surface area contributed by atoms with Crippen LogP contribution in [0.3, 0.4) is 0 Å². The highest BCUT2D eigenvalue weighted by Crippen LogP contribution is 2.14. The molecular formula is C28H52N2O7S. The minimum atomic E-state index is -1.14. The summed E-state index contributed by atoms with van der Waals surface area (Å²) in [5, 5.41) is 32.6. The summed E-state index contributed by atoms with van der Waals surface area (Å²) in [4.78, 5) is 45.1. The Morgan fingerprint density at radius 2 is 1.05 bits per heavy atom. The van der Waals surface area contributed by atoms with E-state index in [0.29, 0.717) is 6.42 Å². The van der Waals surface area contributed by atoms with Gasteiger partial charge in [0.05, 0.1) is 6.04 Å². The number of hydrogen-bond acceptors (Lipinski definition) is 6. The molecule has 0 aromatic rings. The van der Waals surface area contributed by atoms with E-state index >= 15 is 0 Å². The number of carbonyl (C=O) groups is 4. The first-order valence-electron chi connectivity index (χ1n) is 14.5. The maximum absolute atomic E-state index is 12.1. The topological polar surface area (TPSA) is 153 Å². The molecule has 10 heteroatoms. The third kappa shape index (κ3) is 23.5. The van der Waals surface area contributed by atoms with E-state index in [1.165, 1.54) is 57.8 Å². The molecule has 0 aromatic carbocycles. The Kier molecular flexibility index (Phi) is 23.3. The quantitative estimate of drug-likeness (QED) is 0.0456. The van der Waals surface area contributed by atoms with Crippen LogP contribution < -0.4 is 10.6 Å². The Morgan fingerprint density at radius 3 is 1.42 bits per heavy atom. The fourth-order valence-electron chi connectivity index (χ4n) is 4.33. The number of aliphatic hydroxyl groups is 1. The van der Waals surface area contributed by atoms with E-state index in [4.69, 9.17) is 5.11 Å². The third-order valence-corrected chi connectivity index (χ3v) is 7.11. The molecule has 0 saturated carbocycles. The van der Waals surface area contributed by atoms with E-state index in [9.17, 15) is 29.4 Å². The third-order valence-electron chi connectivity index (χ3n) is 6.72. The number of nitrogens with one attached hydrogen (secondary N) is 2. The van der Waals surface area contributed by atoms with Crippen LogP contribution in [-0.4, -0.2) is 56.6 Å². The Bertz CT molecular complexity index is 663. The van der Waals surface area contributed by atoms with Gasteiger partial charge in [-0.3, -0.25) is 19.7 Å². The first-order valence-corrected chi connectivity index (χ1v) is 15.0. The van der Waals surface area contributed by atoms with Crippen LogP contribution in [0.15, 0.2) is 0 Å². The molecule has 222 valence electrons. The van der Waals surface area contributed by atoms with Gasteiger partial charge in [-0.15, -0.1) is 12.6 Å². The Hall–Kier alpha value is -1.65. The van der Waals surface area contributed by atoms with Gasteiger partial charge in [0.1, 0.15) is 12.3 Å². The lowest BCUT2D eigenvalue weighted by molar-refractivity contribution is -0.142. The summed E-state index contributed by atoms with van der Waals surface area (Å²) in [5.41, 5.74) is 0. The summed E-state index contributed by atoms with van der Waals surface area (Å²) in [6, 6.07) is -1.72. The minimum Gasteiger partial charge on any atom is -0.481 e. The number of thiol groups is 1. The molecule has 0 heterocycles. The van der Waals surface area contributed by atoms with Crippen LogP contribution in [0.1, 0.15) is 135 Å². The molecule has 0 spiro atoms. The maximum atomic E-state index is 12.1. The number of carboxylic acids is 2. The van der Waals surface area contributed by atoms with Crippen molar-refractivity contribution in [2.45, 2.75) is 154 Å². The minimum absolute atomic E-state index is 0.0545. The Balaban J connectivity index is 3.61. The molecule has 9 nitrogen and oxygen atoms in total. The zero-order valence-electron chi connectivity index (χ0n) is 23.3. The van der Waals surface area contributed by atoms with Gasteiger partial charge in [-0.25, -0.2) is 4.79 Å². The predicted molar refractivity (Wildman–Crippen MR) is 152 cm³/mol. The van der Waals surface area contributed by atoms with Gasteiger partial charge in [0.2, 0.25) is 11.0 Å². The Morgan fingerprint density at radius 1 is 0.658 bits per heavy atom. The highest BCUT2D eigenvalue weighted by molar-refractivity contribution is 7.96. The lowest BCUT2D eigenvalue weighted by atomic mass is 10.0. The molecule has 0 aliphatic heterocycles. The second kappa shape index (κ2) is 24.4. The van der Waals surface area contributed by atoms with Crippen LogP contribution in [0.5, 0.6) is 0 Å². The first kappa shape index (κ1) is 36.4. The monoisotopic (exact) mass is 560 g/mol. The van der Waals surface area contributed by atoms with Crippen molar-refractivity contribution in [3.05, 3.63) is 0 Å². The number of rotatable bonds is 27. The summed E-state index contributed by atoms with van der Waals surface area (Å²) in [5.74, 6) is -2.13. The lowest BCUT2D eigenvalue weighted by Crippen LogP contribution is -2.44. The van der Waals surface area contributed by atoms with Crippen molar-refractivity contribution >= 4 is 35.6 Å². The second-order valence-electron chi connectivity index (χ2n) is 10.3. The van der Waals surface area contributed by atoms with Crippen molar-refractivity contribution in [1.29, 1.82) is 0 Å². The first-order chi connectivity index (χ1) is 18.1. The van der Waals surface area contributed by atoms with Crippen LogP contribution in [0.4, 0.5) is 0 Å². The van der Waals surface area contributed by atoms with E-state index in [1.807, 2.05) is 0 Å². The second-order valence-corrected chi connectivity index (χ2v) is 10.8. The van der Waals surface area contributed by atoms with E-state index < -0.39 is 35.4 Å². The van der Waals surface area contributed by atoms with Gasteiger partial charge in [-0.05, 0) is 32.6 Å². The summed E-state index contributed by atoms with van der Waals surface area (Å²) in [6.07, 6.45) is 17.8. The molecular weight excluding hydrogens is 508 g/mol. The molecule has 0 saturated heterocycles. The van der Waals surface area contributed by atoms with Crippen molar-refractivity contribution in [1.82, 2.24) is 10.6 Å². The molecule has 0 radical (unpaired) electrons. The van der Waals surface area contributed by atoms with Crippen molar-refractivity contribution < 1.29 is 34.5 Å². The van der Waals surface area contributed by atoms with Gasteiger partial charge in [-0.1, -0.05) is 89.9 Å². The number of amides is 1. The number of aliphatic hydroxyl groups excluding tert-OH is 1. The van der Waals surface area contributed by atoms with Crippen molar-refractivity contribution in [3.8, 4) is 0 Å². The SMILES string of the molecule is C[C@H](N[C@@H](O)CC[C@H](NC(=O)CCCCCCCCCCCCCCCCCCC(=O)O)C(=O)O)C(=O)S. The predicted octanol–water partition coefficient (Wildman–Crippen LogP) is 5.20. The van der Waals surface area contributed by atoms with Crippen LogP contribution in [-0.2, 0) is 19.2 Å². The van der Waals surface area contributed by atoms with Crippen LogP contribution >= 0.6 is 12.6 Å². The highest BCUT2D eigenvalue weighted by Gasteiger charge is 2.22.